The van der Waals surface area contributed by atoms with Gasteiger partial charge in [-0.1, -0.05) is 42.5 Å². The molecule has 0 aliphatic heterocycles. The summed E-state index contributed by atoms with van der Waals surface area (Å²) >= 11 is 1.60. The predicted molar refractivity (Wildman–Crippen MR) is 87.0 cm³/mol. The number of hydrogen-bond acceptors (Lipinski definition) is 3. The summed E-state index contributed by atoms with van der Waals surface area (Å²) in [7, 11) is 0. The van der Waals surface area contributed by atoms with Crippen LogP contribution in [-0.2, 0) is 0 Å². The summed E-state index contributed by atoms with van der Waals surface area (Å²) in [5.74, 6) is 0.0228. The second-order valence-electron chi connectivity index (χ2n) is 4.88. The monoisotopic (exact) mass is 289 g/mol. The van der Waals surface area contributed by atoms with Crippen LogP contribution in [0.1, 0.15) is 15.9 Å². The normalized spacial score (nSPS) is 11.0. The van der Waals surface area contributed by atoms with Gasteiger partial charge in [0.1, 0.15) is 0 Å². The van der Waals surface area contributed by atoms with E-state index in [0.29, 0.717) is 5.56 Å². The van der Waals surface area contributed by atoms with Gasteiger partial charge in [-0.05, 0) is 28.3 Å². The Kier molecular flexibility index (Phi) is 2.79. The SMILES string of the molecule is O=C(c1cnc2ccsc2c1)c1cccc2ccccc12. The van der Waals surface area contributed by atoms with Gasteiger partial charge in [0.2, 0.25) is 0 Å². The van der Waals surface area contributed by atoms with Gasteiger partial charge in [-0.3, -0.25) is 9.78 Å². The molecule has 4 aromatic rings. The molecule has 0 radical (unpaired) electrons. The lowest BCUT2D eigenvalue weighted by Gasteiger charge is -2.05. The van der Waals surface area contributed by atoms with Crippen LogP contribution in [0.2, 0.25) is 0 Å². The van der Waals surface area contributed by atoms with Crippen LogP contribution >= 0.6 is 11.3 Å². The fourth-order valence-electron chi connectivity index (χ4n) is 2.55. The summed E-state index contributed by atoms with van der Waals surface area (Å²) in [6.45, 7) is 0. The number of thiophene rings is 1. The van der Waals surface area contributed by atoms with Crippen LogP contribution in [0.5, 0.6) is 0 Å². The molecule has 2 heterocycles. The lowest BCUT2D eigenvalue weighted by Crippen LogP contribution is -2.02. The average Bonchev–Trinajstić information content (AvgIpc) is 3.01. The first-order valence-corrected chi connectivity index (χ1v) is 7.56. The minimum absolute atomic E-state index is 0.0228. The number of fused-ring (bicyclic) bond motifs is 2. The third-order valence-electron chi connectivity index (χ3n) is 3.60. The summed E-state index contributed by atoms with van der Waals surface area (Å²) in [4.78, 5) is 17.1. The molecule has 4 rings (SSSR count). The third-order valence-corrected chi connectivity index (χ3v) is 4.45. The lowest BCUT2D eigenvalue weighted by atomic mass is 9.98. The Balaban J connectivity index is 1.89. The van der Waals surface area contributed by atoms with Crippen molar-refractivity contribution in [1.29, 1.82) is 0 Å². The van der Waals surface area contributed by atoms with Crippen molar-refractivity contribution in [3.05, 3.63) is 77.3 Å². The molecule has 2 aromatic carbocycles. The van der Waals surface area contributed by atoms with Crippen molar-refractivity contribution in [1.82, 2.24) is 4.98 Å². The molecular weight excluding hydrogens is 278 g/mol. The van der Waals surface area contributed by atoms with Gasteiger partial charge in [0.15, 0.2) is 5.78 Å². The summed E-state index contributed by atoms with van der Waals surface area (Å²) in [5, 5.41) is 4.05. The first-order chi connectivity index (χ1) is 10.3. The van der Waals surface area contributed by atoms with Crippen LogP contribution < -0.4 is 0 Å². The lowest BCUT2D eigenvalue weighted by molar-refractivity contribution is 0.104. The second-order valence-corrected chi connectivity index (χ2v) is 5.83. The third kappa shape index (κ3) is 2.03. The standard InChI is InChI=1S/C18H11NOS/c20-18(13-10-17-16(19-11-13)8-9-21-17)15-7-3-5-12-4-1-2-6-14(12)15/h1-11H. The van der Waals surface area contributed by atoms with E-state index in [-0.39, 0.29) is 5.78 Å². The highest BCUT2D eigenvalue weighted by atomic mass is 32.1. The van der Waals surface area contributed by atoms with Crippen molar-refractivity contribution >= 4 is 38.1 Å². The quantitative estimate of drug-likeness (QED) is 0.501. The number of ketones is 1. The fourth-order valence-corrected chi connectivity index (χ4v) is 3.33. The van der Waals surface area contributed by atoms with E-state index in [1.54, 1.807) is 17.5 Å². The number of nitrogens with zero attached hydrogens (tertiary/aromatic N) is 1. The summed E-state index contributed by atoms with van der Waals surface area (Å²) in [5.41, 5.74) is 2.31. The van der Waals surface area contributed by atoms with E-state index in [4.69, 9.17) is 0 Å². The number of aromatic nitrogens is 1. The summed E-state index contributed by atoms with van der Waals surface area (Å²) in [6.07, 6.45) is 1.67. The number of carbonyl (C=O) groups excluding carboxylic acids is 1. The van der Waals surface area contributed by atoms with E-state index in [2.05, 4.69) is 4.98 Å². The van der Waals surface area contributed by atoms with E-state index in [1.807, 2.05) is 60.0 Å². The molecule has 0 amide bonds. The highest BCUT2D eigenvalue weighted by Crippen LogP contribution is 2.24. The van der Waals surface area contributed by atoms with Crippen LogP contribution in [0.15, 0.2) is 66.2 Å². The number of rotatable bonds is 2. The molecule has 2 aromatic heterocycles. The fraction of sp³-hybridized carbons (Fsp3) is 0. The minimum atomic E-state index is 0.0228. The Morgan fingerprint density at radius 1 is 1.00 bits per heavy atom. The van der Waals surface area contributed by atoms with Crippen LogP contribution in [0.3, 0.4) is 0 Å². The van der Waals surface area contributed by atoms with E-state index < -0.39 is 0 Å². The molecule has 0 atom stereocenters. The molecule has 0 aliphatic carbocycles. The Morgan fingerprint density at radius 2 is 1.86 bits per heavy atom. The van der Waals surface area contributed by atoms with Gasteiger partial charge in [-0.25, -0.2) is 0 Å². The zero-order valence-electron chi connectivity index (χ0n) is 11.1. The van der Waals surface area contributed by atoms with Crippen LogP contribution in [0.4, 0.5) is 0 Å². The molecule has 0 saturated heterocycles. The highest BCUT2D eigenvalue weighted by Gasteiger charge is 2.13. The van der Waals surface area contributed by atoms with E-state index in [1.165, 1.54) is 0 Å². The topological polar surface area (TPSA) is 30.0 Å². The Hall–Kier alpha value is -2.52. The molecule has 0 bridgehead atoms. The van der Waals surface area contributed by atoms with Gasteiger partial charge < -0.3 is 0 Å². The zero-order chi connectivity index (χ0) is 14.2. The molecule has 0 saturated carbocycles. The molecular formula is C18H11NOS. The van der Waals surface area contributed by atoms with Gasteiger partial charge in [0.25, 0.3) is 0 Å². The van der Waals surface area contributed by atoms with Crippen molar-refractivity contribution in [3.8, 4) is 0 Å². The Bertz CT molecular complexity index is 966. The van der Waals surface area contributed by atoms with Crippen LogP contribution in [0, 0.1) is 0 Å². The molecule has 0 unspecified atom stereocenters. The molecule has 2 nitrogen and oxygen atoms in total. The van der Waals surface area contributed by atoms with Gasteiger partial charge >= 0.3 is 0 Å². The molecule has 0 aliphatic rings. The van der Waals surface area contributed by atoms with Crippen molar-refractivity contribution < 1.29 is 4.79 Å². The zero-order valence-corrected chi connectivity index (χ0v) is 11.9. The first-order valence-electron chi connectivity index (χ1n) is 6.69. The number of pyridine rings is 1. The van der Waals surface area contributed by atoms with Crippen LogP contribution in [-0.4, -0.2) is 10.8 Å². The molecule has 0 N–H and O–H groups in total. The number of hydrogen-bond donors (Lipinski definition) is 0. The second kappa shape index (κ2) is 4.79. The maximum Gasteiger partial charge on any atom is 0.195 e. The molecule has 0 spiro atoms. The average molecular weight is 289 g/mol. The Morgan fingerprint density at radius 3 is 2.81 bits per heavy atom. The number of carbonyl (C=O) groups is 1. The highest BCUT2D eigenvalue weighted by molar-refractivity contribution is 7.17. The molecule has 3 heteroatoms. The molecule has 0 fully saturated rings. The Labute approximate surface area is 125 Å². The van der Waals surface area contributed by atoms with E-state index in [0.717, 1.165) is 26.6 Å². The van der Waals surface area contributed by atoms with Gasteiger partial charge in [-0.2, -0.15) is 0 Å². The van der Waals surface area contributed by atoms with Gasteiger partial charge in [0, 0.05) is 17.3 Å². The van der Waals surface area contributed by atoms with Gasteiger partial charge in [-0.15, -0.1) is 11.3 Å². The van der Waals surface area contributed by atoms with Gasteiger partial charge in [0.05, 0.1) is 10.2 Å². The summed E-state index contributed by atoms with van der Waals surface area (Å²) in [6, 6.07) is 17.7. The van der Waals surface area contributed by atoms with Crippen LogP contribution in [0.25, 0.3) is 21.0 Å². The largest absolute Gasteiger partial charge is 0.289 e. The summed E-state index contributed by atoms with van der Waals surface area (Å²) < 4.78 is 1.04. The number of benzene rings is 2. The minimum Gasteiger partial charge on any atom is -0.289 e. The molecule has 100 valence electrons. The molecule has 21 heavy (non-hydrogen) atoms. The maximum atomic E-state index is 12.8. The van der Waals surface area contributed by atoms with E-state index in [9.17, 15) is 4.79 Å². The van der Waals surface area contributed by atoms with Crippen molar-refractivity contribution in [2.75, 3.05) is 0 Å². The van der Waals surface area contributed by atoms with E-state index >= 15 is 0 Å². The van der Waals surface area contributed by atoms with Crippen molar-refractivity contribution in [2.45, 2.75) is 0 Å². The van der Waals surface area contributed by atoms with Crippen molar-refractivity contribution in [3.63, 3.8) is 0 Å². The van der Waals surface area contributed by atoms with Crippen molar-refractivity contribution in [2.24, 2.45) is 0 Å². The predicted octanol–water partition coefficient (Wildman–Crippen LogP) is 4.68. The smallest absolute Gasteiger partial charge is 0.195 e. The first kappa shape index (κ1) is 12.2. The maximum absolute atomic E-state index is 12.8.